The van der Waals surface area contributed by atoms with E-state index in [2.05, 4.69) is 15.0 Å². The van der Waals surface area contributed by atoms with Crippen molar-refractivity contribution in [2.45, 2.75) is 6.92 Å². The van der Waals surface area contributed by atoms with Crippen molar-refractivity contribution in [3.63, 3.8) is 0 Å². The van der Waals surface area contributed by atoms with E-state index in [1.807, 2.05) is 19.1 Å². The number of rotatable bonds is 1. The minimum absolute atomic E-state index is 0.388. The molecular formula is C12H15N5O. The van der Waals surface area contributed by atoms with Crippen LogP contribution in [0.3, 0.4) is 0 Å². The van der Waals surface area contributed by atoms with Gasteiger partial charge in [0.05, 0.1) is 24.3 Å². The second-order valence-corrected chi connectivity index (χ2v) is 5.44. The number of fused-ring (bicyclic) bond motifs is 1. The standard InChI is InChI=1S/C12H15N5O/c1-8-2-11-14-10(3-9(13)17(11)15-8)16-4-12(5-16)6-18-7-12/h2-3H,4-7,13H2,1H3. The van der Waals surface area contributed by atoms with E-state index in [9.17, 15) is 0 Å². The van der Waals surface area contributed by atoms with Gasteiger partial charge in [-0.1, -0.05) is 0 Å². The van der Waals surface area contributed by atoms with Crippen LogP contribution in [0.15, 0.2) is 12.1 Å². The van der Waals surface area contributed by atoms with Crippen molar-refractivity contribution in [2.75, 3.05) is 36.9 Å². The summed E-state index contributed by atoms with van der Waals surface area (Å²) >= 11 is 0. The number of anilines is 2. The van der Waals surface area contributed by atoms with Crippen LogP contribution < -0.4 is 10.6 Å². The molecule has 2 aromatic rings. The summed E-state index contributed by atoms with van der Waals surface area (Å²) in [5.74, 6) is 1.58. The lowest BCUT2D eigenvalue weighted by Crippen LogP contribution is -2.66. The molecule has 0 saturated carbocycles. The van der Waals surface area contributed by atoms with Crippen molar-refractivity contribution >= 4 is 17.3 Å². The Labute approximate surface area is 104 Å². The monoisotopic (exact) mass is 245 g/mol. The Morgan fingerprint density at radius 2 is 2.11 bits per heavy atom. The highest BCUT2D eigenvalue weighted by Crippen LogP contribution is 2.39. The first-order valence-corrected chi connectivity index (χ1v) is 6.11. The third kappa shape index (κ3) is 1.26. The molecule has 0 bridgehead atoms. The highest BCUT2D eigenvalue weighted by Gasteiger charge is 2.49. The number of nitrogens with zero attached hydrogens (tertiary/aromatic N) is 4. The predicted octanol–water partition coefficient (Wildman–Crippen LogP) is 0.457. The summed E-state index contributed by atoms with van der Waals surface area (Å²) in [6.07, 6.45) is 0. The van der Waals surface area contributed by atoms with Gasteiger partial charge in [0.25, 0.3) is 0 Å². The molecule has 6 heteroatoms. The maximum atomic E-state index is 6.01. The summed E-state index contributed by atoms with van der Waals surface area (Å²) in [5.41, 5.74) is 8.14. The van der Waals surface area contributed by atoms with Gasteiger partial charge in [0, 0.05) is 25.2 Å². The van der Waals surface area contributed by atoms with Crippen molar-refractivity contribution < 1.29 is 4.74 Å². The average molecular weight is 245 g/mol. The van der Waals surface area contributed by atoms with Gasteiger partial charge in [0.15, 0.2) is 5.65 Å². The molecule has 2 N–H and O–H groups in total. The van der Waals surface area contributed by atoms with Gasteiger partial charge in [-0.25, -0.2) is 4.98 Å². The maximum absolute atomic E-state index is 6.01. The van der Waals surface area contributed by atoms with Gasteiger partial charge >= 0.3 is 0 Å². The van der Waals surface area contributed by atoms with Crippen molar-refractivity contribution in [1.82, 2.24) is 14.6 Å². The highest BCUT2D eigenvalue weighted by atomic mass is 16.5. The molecule has 0 radical (unpaired) electrons. The molecule has 0 atom stereocenters. The number of nitrogen functional groups attached to an aromatic ring is 1. The Morgan fingerprint density at radius 1 is 1.33 bits per heavy atom. The number of nitrogens with two attached hydrogens (primary N) is 1. The fraction of sp³-hybridized carbons (Fsp3) is 0.500. The summed E-state index contributed by atoms with van der Waals surface area (Å²) in [5, 5.41) is 4.30. The molecule has 0 aromatic carbocycles. The predicted molar refractivity (Wildman–Crippen MR) is 67.6 cm³/mol. The van der Waals surface area contributed by atoms with Crippen LogP contribution in [-0.2, 0) is 4.74 Å². The van der Waals surface area contributed by atoms with Crippen molar-refractivity contribution in [2.24, 2.45) is 5.41 Å². The summed E-state index contributed by atoms with van der Waals surface area (Å²) in [7, 11) is 0. The third-order valence-corrected chi connectivity index (χ3v) is 3.76. The molecule has 0 unspecified atom stereocenters. The summed E-state index contributed by atoms with van der Waals surface area (Å²) in [6.45, 7) is 5.74. The fourth-order valence-corrected chi connectivity index (χ4v) is 2.76. The first kappa shape index (κ1) is 10.1. The van der Waals surface area contributed by atoms with Crippen LogP contribution in [0, 0.1) is 12.3 Å². The van der Waals surface area contributed by atoms with Crippen molar-refractivity contribution in [1.29, 1.82) is 0 Å². The number of hydrogen-bond acceptors (Lipinski definition) is 5. The lowest BCUT2D eigenvalue weighted by Gasteiger charge is -2.55. The Bertz CT molecular complexity index is 623. The van der Waals surface area contributed by atoms with Gasteiger partial charge in [0.2, 0.25) is 0 Å². The van der Waals surface area contributed by atoms with Gasteiger partial charge < -0.3 is 15.4 Å². The van der Waals surface area contributed by atoms with E-state index in [0.717, 1.165) is 43.5 Å². The van der Waals surface area contributed by atoms with Crippen LogP contribution in [0.4, 0.5) is 11.6 Å². The molecule has 1 spiro atoms. The average Bonchev–Trinajstić information content (AvgIpc) is 2.55. The smallest absolute Gasteiger partial charge is 0.159 e. The van der Waals surface area contributed by atoms with Crippen molar-refractivity contribution in [3.8, 4) is 0 Å². The van der Waals surface area contributed by atoms with Crippen molar-refractivity contribution in [3.05, 3.63) is 17.8 Å². The van der Waals surface area contributed by atoms with E-state index < -0.39 is 0 Å². The summed E-state index contributed by atoms with van der Waals surface area (Å²) in [6, 6.07) is 3.84. The van der Waals surface area contributed by atoms with E-state index >= 15 is 0 Å². The second-order valence-electron chi connectivity index (χ2n) is 5.44. The zero-order valence-electron chi connectivity index (χ0n) is 10.3. The van der Waals surface area contributed by atoms with E-state index in [1.165, 1.54) is 0 Å². The molecule has 0 amide bonds. The third-order valence-electron chi connectivity index (χ3n) is 3.76. The zero-order valence-corrected chi connectivity index (χ0v) is 10.3. The number of aromatic nitrogens is 3. The van der Waals surface area contributed by atoms with E-state index in [-0.39, 0.29) is 0 Å². The SMILES string of the molecule is Cc1cc2nc(N3CC4(COC4)C3)cc(N)n2n1. The van der Waals surface area contributed by atoms with Gasteiger partial charge in [-0.2, -0.15) is 9.61 Å². The first-order valence-electron chi connectivity index (χ1n) is 6.11. The van der Waals surface area contributed by atoms with Crippen LogP contribution in [0.25, 0.3) is 5.65 Å². The molecule has 2 fully saturated rings. The van der Waals surface area contributed by atoms with Gasteiger partial charge in [0.1, 0.15) is 11.6 Å². The molecule has 2 aliphatic rings. The van der Waals surface area contributed by atoms with E-state index in [0.29, 0.717) is 11.2 Å². The molecule has 4 heterocycles. The number of ether oxygens (including phenoxy) is 1. The molecule has 0 aliphatic carbocycles. The Balaban J connectivity index is 1.69. The Morgan fingerprint density at radius 3 is 2.78 bits per heavy atom. The molecule has 2 saturated heterocycles. The van der Waals surface area contributed by atoms with Gasteiger partial charge in [-0.05, 0) is 6.92 Å². The maximum Gasteiger partial charge on any atom is 0.159 e. The molecule has 4 rings (SSSR count). The van der Waals surface area contributed by atoms with E-state index in [1.54, 1.807) is 4.52 Å². The quantitative estimate of drug-likeness (QED) is 0.790. The molecule has 94 valence electrons. The minimum Gasteiger partial charge on any atom is -0.383 e. The second kappa shape index (κ2) is 3.14. The molecule has 2 aliphatic heterocycles. The van der Waals surface area contributed by atoms with Crippen LogP contribution in [0.5, 0.6) is 0 Å². The van der Waals surface area contributed by atoms with Crippen LogP contribution >= 0.6 is 0 Å². The Hall–Kier alpha value is -1.82. The zero-order chi connectivity index (χ0) is 12.3. The lowest BCUT2D eigenvalue weighted by atomic mass is 9.78. The molecular weight excluding hydrogens is 230 g/mol. The topological polar surface area (TPSA) is 68.7 Å². The largest absolute Gasteiger partial charge is 0.383 e. The number of hydrogen-bond donors (Lipinski definition) is 1. The fourth-order valence-electron chi connectivity index (χ4n) is 2.76. The summed E-state index contributed by atoms with van der Waals surface area (Å²) in [4.78, 5) is 6.86. The minimum atomic E-state index is 0.388. The van der Waals surface area contributed by atoms with Gasteiger partial charge in [-0.15, -0.1) is 0 Å². The Kier molecular flexibility index (Phi) is 1.77. The van der Waals surface area contributed by atoms with E-state index in [4.69, 9.17) is 10.5 Å². The van der Waals surface area contributed by atoms with Crippen LogP contribution in [-0.4, -0.2) is 40.9 Å². The van der Waals surface area contributed by atoms with Crippen LogP contribution in [0.2, 0.25) is 0 Å². The first-order chi connectivity index (χ1) is 8.65. The van der Waals surface area contributed by atoms with Gasteiger partial charge in [-0.3, -0.25) is 0 Å². The normalized spacial score (nSPS) is 21.1. The summed E-state index contributed by atoms with van der Waals surface area (Å²) < 4.78 is 6.96. The molecule has 6 nitrogen and oxygen atoms in total. The molecule has 18 heavy (non-hydrogen) atoms. The van der Waals surface area contributed by atoms with Crippen LogP contribution in [0.1, 0.15) is 5.69 Å². The molecule has 2 aromatic heterocycles. The highest BCUT2D eigenvalue weighted by molar-refractivity contribution is 5.58. The number of aryl methyl sites for hydroxylation is 1. The lowest BCUT2D eigenvalue weighted by molar-refractivity contribution is -0.127.